The van der Waals surface area contributed by atoms with Crippen LogP contribution < -0.4 is 14.8 Å². The minimum absolute atomic E-state index is 0. The van der Waals surface area contributed by atoms with Gasteiger partial charge in [0.25, 0.3) is 0 Å². The van der Waals surface area contributed by atoms with Crippen molar-refractivity contribution in [2.24, 2.45) is 0 Å². The third kappa shape index (κ3) is 6.09. The summed E-state index contributed by atoms with van der Waals surface area (Å²) in [5, 5.41) is 3.36. The van der Waals surface area contributed by atoms with Gasteiger partial charge in [-0.25, -0.2) is 0 Å². The minimum atomic E-state index is -0.329. The fourth-order valence-corrected chi connectivity index (χ4v) is 3.51. The highest BCUT2D eigenvalue weighted by Gasteiger charge is 2.23. The molecular formula is C22H30ClFN2O2. The number of halogens is 2. The SMILES string of the molecule is CCOc1cc([C@@H](CCF)N2CCNCC2)ccc1OCc1ccccc1.Cl. The van der Waals surface area contributed by atoms with Gasteiger partial charge in [0.1, 0.15) is 6.61 Å². The highest BCUT2D eigenvalue weighted by atomic mass is 35.5. The summed E-state index contributed by atoms with van der Waals surface area (Å²) >= 11 is 0. The van der Waals surface area contributed by atoms with Crippen LogP contribution in [0.1, 0.15) is 30.5 Å². The van der Waals surface area contributed by atoms with Crippen LogP contribution in [0.15, 0.2) is 48.5 Å². The molecule has 4 nitrogen and oxygen atoms in total. The number of ether oxygens (including phenoxy) is 2. The minimum Gasteiger partial charge on any atom is -0.490 e. The van der Waals surface area contributed by atoms with E-state index in [4.69, 9.17) is 9.47 Å². The fourth-order valence-electron chi connectivity index (χ4n) is 3.51. The van der Waals surface area contributed by atoms with Crippen molar-refractivity contribution in [1.82, 2.24) is 10.2 Å². The average Bonchev–Trinajstić information content (AvgIpc) is 2.73. The summed E-state index contributed by atoms with van der Waals surface area (Å²) in [7, 11) is 0. The van der Waals surface area contributed by atoms with E-state index in [1.165, 1.54) is 0 Å². The number of hydrogen-bond acceptors (Lipinski definition) is 4. The highest BCUT2D eigenvalue weighted by Crippen LogP contribution is 2.34. The molecule has 154 valence electrons. The number of piperazine rings is 1. The Morgan fingerprint density at radius 1 is 1.04 bits per heavy atom. The summed E-state index contributed by atoms with van der Waals surface area (Å²) in [5.41, 5.74) is 2.20. The lowest BCUT2D eigenvalue weighted by Crippen LogP contribution is -2.45. The molecule has 0 aliphatic carbocycles. The van der Waals surface area contributed by atoms with Crippen molar-refractivity contribution in [2.75, 3.05) is 39.5 Å². The lowest BCUT2D eigenvalue weighted by Gasteiger charge is -2.35. The lowest BCUT2D eigenvalue weighted by atomic mass is 10.0. The van der Waals surface area contributed by atoms with E-state index in [0.717, 1.165) is 48.8 Å². The largest absolute Gasteiger partial charge is 0.490 e. The van der Waals surface area contributed by atoms with Gasteiger partial charge in [0.05, 0.1) is 13.3 Å². The third-order valence-electron chi connectivity index (χ3n) is 4.86. The number of hydrogen-bond donors (Lipinski definition) is 1. The van der Waals surface area contributed by atoms with E-state index in [2.05, 4.69) is 10.2 Å². The van der Waals surface area contributed by atoms with Gasteiger partial charge in [-0.3, -0.25) is 9.29 Å². The molecule has 1 aliphatic rings. The molecule has 0 radical (unpaired) electrons. The quantitative estimate of drug-likeness (QED) is 0.667. The van der Waals surface area contributed by atoms with Crippen LogP contribution in [-0.4, -0.2) is 44.4 Å². The Hall–Kier alpha value is -1.82. The Morgan fingerprint density at radius 3 is 2.46 bits per heavy atom. The Labute approximate surface area is 173 Å². The molecule has 0 unspecified atom stereocenters. The van der Waals surface area contributed by atoms with Crippen LogP contribution in [-0.2, 0) is 6.61 Å². The first kappa shape index (κ1) is 22.5. The molecule has 2 aromatic carbocycles. The van der Waals surface area contributed by atoms with Crippen molar-refractivity contribution < 1.29 is 13.9 Å². The predicted molar refractivity (Wildman–Crippen MR) is 113 cm³/mol. The second-order valence-corrected chi connectivity index (χ2v) is 6.69. The molecule has 0 aromatic heterocycles. The van der Waals surface area contributed by atoms with Gasteiger partial charge in [0.15, 0.2) is 11.5 Å². The number of rotatable bonds is 9. The molecule has 1 N–H and O–H groups in total. The molecule has 1 fully saturated rings. The Morgan fingerprint density at radius 2 is 1.79 bits per heavy atom. The standard InChI is InChI=1S/C22H29FN2O2.ClH/c1-2-26-22-16-19(20(10-11-23)25-14-12-24-13-15-25)8-9-21(22)27-17-18-6-4-3-5-7-18;/h3-9,16,20,24H,2,10-15,17H2,1H3;1H/t20-;/m1./s1. The van der Waals surface area contributed by atoms with Crippen molar-refractivity contribution in [1.29, 1.82) is 0 Å². The molecule has 0 amide bonds. The maximum atomic E-state index is 13.2. The molecule has 0 bridgehead atoms. The number of alkyl halides is 1. The number of nitrogens with one attached hydrogen (secondary N) is 1. The third-order valence-corrected chi connectivity index (χ3v) is 4.86. The monoisotopic (exact) mass is 408 g/mol. The van der Waals surface area contributed by atoms with Gasteiger partial charge < -0.3 is 14.8 Å². The molecular weight excluding hydrogens is 379 g/mol. The van der Waals surface area contributed by atoms with E-state index >= 15 is 0 Å². The molecule has 1 atom stereocenters. The molecule has 28 heavy (non-hydrogen) atoms. The molecule has 0 spiro atoms. The first-order valence-corrected chi connectivity index (χ1v) is 9.76. The Bertz CT molecular complexity index is 696. The summed E-state index contributed by atoms with van der Waals surface area (Å²) in [6.07, 6.45) is 0.496. The van der Waals surface area contributed by atoms with Crippen molar-refractivity contribution in [3.63, 3.8) is 0 Å². The Kier molecular flexibility index (Phi) is 9.55. The maximum Gasteiger partial charge on any atom is 0.161 e. The van der Waals surface area contributed by atoms with Crippen LogP contribution >= 0.6 is 12.4 Å². The van der Waals surface area contributed by atoms with E-state index in [1.54, 1.807) is 0 Å². The number of nitrogens with zero attached hydrogens (tertiary/aromatic N) is 1. The zero-order valence-electron chi connectivity index (χ0n) is 16.4. The smallest absolute Gasteiger partial charge is 0.161 e. The van der Waals surface area contributed by atoms with Crippen molar-refractivity contribution in [3.8, 4) is 11.5 Å². The molecule has 1 saturated heterocycles. The summed E-state index contributed by atoms with van der Waals surface area (Å²) in [6, 6.07) is 16.2. The van der Waals surface area contributed by atoms with Crippen molar-refractivity contribution in [3.05, 3.63) is 59.7 Å². The summed E-state index contributed by atoms with van der Waals surface area (Å²) in [5.74, 6) is 1.45. The van der Waals surface area contributed by atoms with Gasteiger partial charge in [-0.05, 0) is 36.6 Å². The summed E-state index contributed by atoms with van der Waals surface area (Å²) < 4.78 is 25.0. The van der Waals surface area contributed by atoms with Crippen LogP contribution in [0.5, 0.6) is 11.5 Å². The highest BCUT2D eigenvalue weighted by molar-refractivity contribution is 5.85. The van der Waals surface area contributed by atoms with Gasteiger partial charge in [0, 0.05) is 32.2 Å². The van der Waals surface area contributed by atoms with Crippen molar-refractivity contribution in [2.45, 2.75) is 26.0 Å². The van der Waals surface area contributed by atoms with E-state index in [0.29, 0.717) is 19.6 Å². The van der Waals surface area contributed by atoms with Gasteiger partial charge >= 0.3 is 0 Å². The normalized spacial score (nSPS) is 15.5. The van der Waals surface area contributed by atoms with Gasteiger partial charge in [-0.15, -0.1) is 12.4 Å². The maximum absolute atomic E-state index is 13.2. The average molecular weight is 409 g/mol. The van der Waals surface area contributed by atoms with Crippen molar-refractivity contribution >= 4 is 12.4 Å². The van der Waals surface area contributed by atoms with Crippen LogP contribution in [0.2, 0.25) is 0 Å². The van der Waals surface area contributed by atoms with E-state index in [9.17, 15) is 4.39 Å². The van der Waals surface area contributed by atoms with E-state index in [1.807, 2.05) is 55.5 Å². The van der Waals surface area contributed by atoms with Gasteiger partial charge in [-0.1, -0.05) is 36.4 Å². The summed E-state index contributed by atoms with van der Waals surface area (Å²) in [4.78, 5) is 2.35. The number of benzene rings is 2. The Balaban J connectivity index is 0.00000280. The van der Waals surface area contributed by atoms with Gasteiger partial charge in [0.2, 0.25) is 0 Å². The fraction of sp³-hybridized carbons (Fsp3) is 0.455. The van der Waals surface area contributed by atoms with Crippen LogP contribution in [0.3, 0.4) is 0 Å². The zero-order valence-corrected chi connectivity index (χ0v) is 17.2. The first-order chi connectivity index (χ1) is 13.3. The molecule has 0 saturated carbocycles. The zero-order chi connectivity index (χ0) is 18.9. The second-order valence-electron chi connectivity index (χ2n) is 6.69. The molecule has 6 heteroatoms. The lowest BCUT2D eigenvalue weighted by molar-refractivity contribution is 0.157. The predicted octanol–water partition coefficient (Wildman–Crippen LogP) is 4.39. The summed E-state index contributed by atoms with van der Waals surface area (Å²) in [6.45, 7) is 6.44. The van der Waals surface area contributed by atoms with Crippen LogP contribution in [0.25, 0.3) is 0 Å². The van der Waals surface area contributed by atoms with Gasteiger partial charge in [-0.2, -0.15) is 0 Å². The molecule has 2 aromatic rings. The first-order valence-electron chi connectivity index (χ1n) is 9.76. The molecule has 3 rings (SSSR count). The molecule has 1 heterocycles. The van der Waals surface area contributed by atoms with E-state index in [-0.39, 0.29) is 25.1 Å². The molecule has 1 aliphatic heterocycles. The second kappa shape index (κ2) is 11.9. The topological polar surface area (TPSA) is 33.7 Å². The van der Waals surface area contributed by atoms with E-state index < -0.39 is 0 Å². The van der Waals surface area contributed by atoms with Crippen LogP contribution in [0.4, 0.5) is 4.39 Å². The van der Waals surface area contributed by atoms with Crippen LogP contribution in [0, 0.1) is 0 Å².